The van der Waals surface area contributed by atoms with Crippen molar-refractivity contribution in [2.45, 2.75) is 13.8 Å². The Morgan fingerprint density at radius 2 is 0.818 bits per heavy atom. The molecule has 0 amide bonds. The normalized spacial score (nSPS) is 4.55. The van der Waals surface area contributed by atoms with Gasteiger partial charge >= 0.3 is 0 Å². The average molecular weight is 285 g/mol. The fraction of sp³-hybridized carbons (Fsp3) is 0.500. The molecule has 0 rings (SSSR count). The molecular formula is C4H8Mn3O4. The summed E-state index contributed by atoms with van der Waals surface area (Å²) in [6, 6.07) is 0. The molecule has 2 N–H and O–H groups in total. The van der Waals surface area contributed by atoms with Crippen molar-refractivity contribution in [2.24, 2.45) is 0 Å². The molecule has 3 radical (unpaired) electrons. The predicted octanol–water partition coefficient (Wildman–Crippen LogP) is 0.174. The van der Waals surface area contributed by atoms with Crippen LogP contribution >= 0.6 is 0 Å². The molecule has 11 heavy (non-hydrogen) atoms. The Balaban J connectivity index is -0.0000000171. The molecular weight excluding hydrogens is 277 g/mol. The van der Waals surface area contributed by atoms with Gasteiger partial charge in [0.2, 0.25) is 0 Å². The zero-order chi connectivity index (χ0) is 7.15. The van der Waals surface area contributed by atoms with Gasteiger partial charge in [-0.3, -0.25) is 9.59 Å². The maximum atomic E-state index is 9.00. The van der Waals surface area contributed by atoms with Gasteiger partial charge in [-0.05, 0) is 0 Å². The van der Waals surface area contributed by atoms with E-state index < -0.39 is 11.9 Å². The van der Waals surface area contributed by atoms with Crippen molar-refractivity contribution in [2.75, 3.05) is 0 Å². The third kappa shape index (κ3) is 3050. The van der Waals surface area contributed by atoms with E-state index in [0.717, 1.165) is 13.8 Å². The van der Waals surface area contributed by atoms with Gasteiger partial charge in [0.25, 0.3) is 11.9 Å². The number of hydrogen-bond donors (Lipinski definition) is 2. The van der Waals surface area contributed by atoms with Crippen molar-refractivity contribution in [1.29, 1.82) is 0 Å². The molecule has 0 aromatic carbocycles. The number of carboxylic acid groups (broad SMARTS) is 2. The molecule has 0 aromatic heterocycles. The van der Waals surface area contributed by atoms with Crippen LogP contribution in [0.25, 0.3) is 0 Å². The molecule has 0 aromatic rings. The van der Waals surface area contributed by atoms with Crippen LogP contribution in [0.15, 0.2) is 0 Å². The van der Waals surface area contributed by atoms with Crippen LogP contribution in [-0.2, 0) is 60.8 Å². The predicted molar refractivity (Wildman–Crippen MR) is 26.6 cm³/mol. The Hall–Kier alpha value is 0.498. The summed E-state index contributed by atoms with van der Waals surface area (Å²) in [5.41, 5.74) is 0. The monoisotopic (exact) mass is 285 g/mol. The van der Waals surface area contributed by atoms with Gasteiger partial charge in [-0.2, -0.15) is 0 Å². The van der Waals surface area contributed by atoms with Crippen LogP contribution in [-0.4, -0.2) is 22.2 Å². The van der Waals surface area contributed by atoms with Crippen LogP contribution in [0.4, 0.5) is 0 Å². The molecule has 0 fully saturated rings. The Morgan fingerprint density at radius 1 is 0.818 bits per heavy atom. The molecule has 0 saturated heterocycles. The topological polar surface area (TPSA) is 74.6 Å². The molecule has 0 bridgehead atoms. The van der Waals surface area contributed by atoms with Crippen LogP contribution in [0, 0.1) is 0 Å². The zero-order valence-corrected chi connectivity index (χ0v) is 9.39. The maximum absolute atomic E-state index is 9.00. The first kappa shape index (κ1) is 30.0. The summed E-state index contributed by atoms with van der Waals surface area (Å²) in [5, 5.41) is 14.8. The fourth-order valence-electron chi connectivity index (χ4n) is 0. The Morgan fingerprint density at radius 3 is 0.818 bits per heavy atom. The van der Waals surface area contributed by atoms with Gasteiger partial charge in [-0.15, -0.1) is 0 Å². The van der Waals surface area contributed by atoms with Crippen molar-refractivity contribution < 1.29 is 71.0 Å². The van der Waals surface area contributed by atoms with E-state index >= 15 is 0 Å². The van der Waals surface area contributed by atoms with Crippen molar-refractivity contribution in [3.05, 3.63) is 0 Å². The van der Waals surface area contributed by atoms with E-state index in [0.29, 0.717) is 0 Å². The number of carboxylic acids is 2. The van der Waals surface area contributed by atoms with Crippen LogP contribution in [0.5, 0.6) is 0 Å². The standard InChI is InChI=1S/2C2H4O2.3Mn/c2*1-2(3)4;;;/h2*1H3,(H,3,4);;;. The van der Waals surface area contributed by atoms with Gasteiger partial charge in [0.1, 0.15) is 0 Å². The molecule has 0 unspecified atom stereocenters. The molecule has 0 spiro atoms. The summed E-state index contributed by atoms with van der Waals surface area (Å²) in [5.74, 6) is -1.67. The van der Waals surface area contributed by atoms with Crippen LogP contribution in [0.3, 0.4) is 0 Å². The number of aliphatic carboxylic acids is 2. The molecule has 7 heteroatoms. The first-order chi connectivity index (χ1) is 3.46. The summed E-state index contributed by atoms with van der Waals surface area (Å²) in [6.07, 6.45) is 0. The quantitative estimate of drug-likeness (QED) is 0.622. The molecule has 69 valence electrons. The van der Waals surface area contributed by atoms with Crippen LogP contribution in [0.2, 0.25) is 0 Å². The van der Waals surface area contributed by atoms with Crippen LogP contribution < -0.4 is 0 Å². The minimum Gasteiger partial charge on any atom is -0.481 e. The number of hydrogen-bond acceptors (Lipinski definition) is 2. The average Bonchev–Trinajstić information content (AvgIpc) is 1.25. The smallest absolute Gasteiger partial charge is 0.300 e. The Kier molecular flexibility index (Phi) is 61.2. The molecule has 0 aliphatic heterocycles. The second-order valence-electron chi connectivity index (χ2n) is 1.04. The molecule has 0 aliphatic rings. The Labute approximate surface area is 96.5 Å². The van der Waals surface area contributed by atoms with Gasteiger partial charge in [0, 0.05) is 65.1 Å². The minimum atomic E-state index is -0.833. The van der Waals surface area contributed by atoms with E-state index in [-0.39, 0.29) is 51.2 Å². The van der Waals surface area contributed by atoms with Gasteiger partial charge in [-0.1, -0.05) is 0 Å². The molecule has 0 saturated carbocycles. The molecule has 4 nitrogen and oxygen atoms in total. The number of rotatable bonds is 0. The van der Waals surface area contributed by atoms with Gasteiger partial charge in [0.15, 0.2) is 0 Å². The second-order valence-corrected chi connectivity index (χ2v) is 1.04. The number of carbonyl (C=O) groups is 2. The van der Waals surface area contributed by atoms with Gasteiger partial charge in [-0.25, -0.2) is 0 Å². The Bertz CT molecular complexity index is 75.3. The summed E-state index contributed by atoms with van der Waals surface area (Å²) in [4.78, 5) is 18.0. The molecule has 0 atom stereocenters. The maximum Gasteiger partial charge on any atom is 0.300 e. The third-order valence-electron chi connectivity index (χ3n) is 0. The van der Waals surface area contributed by atoms with Gasteiger partial charge in [0.05, 0.1) is 0 Å². The van der Waals surface area contributed by atoms with Crippen molar-refractivity contribution in [3.63, 3.8) is 0 Å². The van der Waals surface area contributed by atoms with E-state index in [1.54, 1.807) is 0 Å². The van der Waals surface area contributed by atoms with Gasteiger partial charge < -0.3 is 10.2 Å². The molecule has 0 heterocycles. The summed E-state index contributed by atoms with van der Waals surface area (Å²) < 4.78 is 0. The largest absolute Gasteiger partial charge is 0.481 e. The summed E-state index contributed by atoms with van der Waals surface area (Å²) in [7, 11) is 0. The molecule has 0 aliphatic carbocycles. The van der Waals surface area contributed by atoms with E-state index in [1.807, 2.05) is 0 Å². The van der Waals surface area contributed by atoms with E-state index in [2.05, 4.69) is 0 Å². The fourth-order valence-corrected chi connectivity index (χ4v) is 0. The van der Waals surface area contributed by atoms with E-state index in [1.165, 1.54) is 0 Å². The summed E-state index contributed by atoms with van der Waals surface area (Å²) >= 11 is 0. The first-order valence-corrected chi connectivity index (χ1v) is 1.86. The van der Waals surface area contributed by atoms with E-state index in [9.17, 15) is 0 Å². The van der Waals surface area contributed by atoms with Crippen molar-refractivity contribution >= 4 is 11.9 Å². The minimum absolute atomic E-state index is 0. The van der Waals surface area contributed by atoms with Crippen molar-refractivity contribution in [1.82, 2.24) is 0 Å². The second kappa shape index (κ2) is 22.4. The van der Waals surface area contributed by atoms with Crippen LogP contribution in [0.1, 0.15) is 13.8 Å². The van der Waals surface area contributed by atoms with Crippen molar-refractivity contribution in [3.8, 4) is 0 Å². The summed E-state index contributed by atoms with van der Waals surface area (Å²) in [6.45, 7) is 2.17. The first-order valence-electron chi connectivity index (χ1n) is 1.86. The zero-order valence-electron chi connectivity index (χ0n) is 5.84. The third-order valence-corrected chi connectivity index (χ3v) is 0. The van der Waals surface area contributed by atoms with E-state index in [4.69, 9.17) is 19.8 Å². The SMILES string of the molecule is CC(=O)O.CC(=O)O.[Mn].[Mn].[Mn].